The zero-order valence-electron chi connectivity index (χ0n) is 17.1. The minimum absolute atomic E-state index is 0.132. The van der Waals surface area contributed by atoms with Gasteiger partial charge >= 0.3 is 0 Å². The second kappa shape index (κ2) is 8.64. The van der Waals surface area contributed by atoms with Gasteiger partial charge < -0.3 is 25.4 Å². The molecule has 1 aliphatic heterocycles. The summed E-state index contributed by atoms with van der Waals surface area (Å²) in [5, 5.41) is 9.44. The third-order valence-corrected chi connectivity index (χ3v) is 5.58. The van der Waals surface area contributed by atoms with Gasteiger partial charge in [0.15, 0.2) is 10.9 Å². The summed E-state index contributed by atoms with van der Waals surface area (Å²) in [5.41, 5.74) is 8.30. The third kappa shape index (κ3) is 4.29. The van der Waals surface area contributed by atoms with Gasteiger partial charge in [0, 0.05) is 37.3 Å². The summed E-state index contributed by atoms with van der Waals surface area (Å²) in [5.74, 6) is 0.538. The number of hydrogen-bond acceptors (Lipinski definition) is 9. The molecule has 0 saturated carbocycles. The molecule has 0 aromatic carbocycles. The fraction of sp³-hybridized carbons (Fsp3) is 0.474. The lowest BCUT2D eigenvalue weighted by Gasteiger charge is -2.36. The van der Waals surface area contributed by atoms with Gasteiger partial charge in [-0.1, -0.05) is 0 Å². The predicted molar refractivity (Wildman–Crippen MR) is 115 cm³/mol. The minimum Gasteiger partial charge on any atom is -0.383 e. The number of morpholine rings is 1. The van der Waals surface area contributed by atoms with Crippen LogP contribution in [0.2, 0.25) is 0 Å². The van der Waals surface area contributed by atoms with Gasteiger partial charge in [0.25, 0.3) is 0 Å². The zero-order valence-corrected chi connectivity index (χ0v) is 17.9. The molecule has 0 radical (unpaired) electrons. The first-order valence-corrected chi connectivity index (χ1v) is 10.6. The SMILES string of the molecule is COC[C@H](N)C(=O)Nc1nc(-c2cc3c(N4C[C@@H](C)O[C@@H](C)C4)ncnn3c2)cs1. The molecule has 1 saturated heterocycles. The Balaban J connectivity index is 1.58. The Bertz CT molecular complexity index is 1030. The van der Waals surface area contributed by atoms with Crippen LogP contribution in [0.4, 0.5) is 10.9 Å². The van der Waals surface area contributed by atoms with Gasteiger partial charge in [-0.05, 0) is 19.9 Å². The molecule has 0 bridgehead atoms. The van der Waals surface area contributed by atoms with Crippen molar-refractivity contribution in [2.45, 2.75) is 32.1 Å². The third-order valence-electron chi connectivity index (χ3n) is 4.82. The molecule has 0 aliphatic carbocycles. The standard InChI is InChI=1S/C19H25N7O3S/c1-11-5-25(6-12(2)29-11)17-16-4-13(7-26(16)22-10-21-17)15-9-30-19(23-15)24-18(27)14(20)8-28-3/h4,7,9-12,14H,5-6,8,20H2,1-3H3,(H,23,24,27)/t11-,12+,14-/m0/s1. The van der Waals surface area contributed by atoms with E-state index in [-0.39, 0.29) is 24.7 Å². The molecule has 1 aliphatic rings. The molecule has 30 heavy (non-hydrogen) atoms. The molecule has 4 heterocycles. The highest BCUT2D eigenvalue weighted by Gasteiger charge is 2.25. The molecule has 4 rings (SSSR count). The topological polar surface area (TPSA) is 120 Å². The maximum Gasteiger partial charge on any atom is 0.245 e. The van der Waals surface area contributed by atoms with E-state index >= 15 is 0 Å². The van der Waals surface area contributed by atoms with Crippen LogP contribution in [0.25, 0.3) is 16.8 Å². The van der Waals surface area contributed by atoms with E-state index in [4.69, 9.17) is 15.2 Å². The Morgan fingerprint density at radius 3 is 2.93 bits per heavy atom. The number of nitrogens with one attached hydrogen (secondary N) is 1. The lowest BCUT2D eigenvalue weighted by atomic mass is 10.2. The molecule has 3 atom stereocenters. The van der Waals surface area contributed by atoms with Crippen LogP contribution >= 0.6 is 11.3 Å². The van der Waals surface area contributed by atoms with Crippen molar-refractivity contribution < 1.29 is 14.3 Å². The Morgan fingerprint density at radius 1 is 1.43 bits per heavy atom. The summed E-state index contributed by atoms with van der Waals surface area (Å²) in [7, 11) is 1.50. The predicted octanol–water partition coefficient (Wildman–Crippen LogP) is 1.38. The smallest absolute Gasteiger partial charge is 0.245 e. The highest BCUT2D eigenvalue weighted by atomic mass is 32.1. The molecule has 160 valence electrons. The van der Waals surface area contributed by atoms with Crippen LogP contribution in [-0.4, -0.2) is 70.5 Å². The normalized spacial score (nSPS) is 20.5. The van der Waals surface area contributed by atoms with Gasteiger partial charge in [-0.3, -0.25) is 4.79 Å². The monoisotopic (exact) mass is 431 g/mol. The molecule has 0 unspecified atom stereocenters. The number of anilines is 2. The number of carbonyl (C=O) groups is 1. The number of fused-ring (bicyclic) bond motifs is 1. The summed E-state index contributed by atoms with van der Waals surface area (Å²) in [6, 6.07) is 1.27. The van der Waals surface area contributed by atoms with Crippen molar-refractivity contribution in [2.24, 2.45) is 5.73 Å². The van der Waals surface area contributed by atoms with E-state index in [1.807, 2.05) is 17.6 Å². The summed E-state index contributed by atoms with van der Waals surface area (Å²) in [6.45, 7) is 5.82. The van der Waals surface area contributed by atoms with Crippen molar-refractivity contribution in [1.82, 2.24) is 19.6 Å². The number of methoxy groups -OCH3 is 1. The first-order chi connectivity index (χ1) is 14.4. The lowest BCUT2D eigenvalue weighted by Crippen LogP contribution is -2.46. The number of ether oxygens (including phenoxy) is 2. The fourth-order valence-electron chi connectivity index (χ4n) is 3.57. The summed E-state index contributed by atoms with van der Waals surface area (Å²) < 4.78 is 12.6. The van der Waals surface area contributed by atoms with Crippen LogP contribution in [0, 0.1) is 0 Å². The van der Waals surface area contributed by atoms with E-state index in [1.165, 1.54) is 18.4 Å². The highest BCUT2D eigenvalue weighted by molar-refractivity contribution is 7.14. The van der Waals surface area contributed by atoms with E-state index in [1.54, 1.807) is 10.8 Å². The molecule has 3 aromatic rings. The van der Waals surface area contributed by atoms with E-state index < -0.39 is 6.04 Å². The van der Waals surface area contributed by atoms with Crippen LogP contribution in [-0.2, 0) is 14.3 Å². The molecule has 3 N–H and O–H groups in total. The average molecular weight is 432 g/mol. The van der Waals surface area contributed by atoms with Crippen molar-refractivity contribution in [3.05, 3.63) is 24.0 Å². The fourth-order valence-corrected chi connectivity index (χ4v) is 4.29. The van der Waals surface area contributed by atoms with Crippen molar-refractivity contribution in [3.63, 3.8) is 0 Å². The van der Waals surface area contributed by atoms with Crippen molar-refractivity contribution >= 4 is 33.7 Å². The number of rotatable bonds is 6. The number of carbonyl (C=O) groups excluding carboxylic acids is 1. The first-order valence-electron chi connectivity index (χ1n) is 9.69. The highest BCUT2D eigenvalue weighted by Crippen LogP contribution is 2.30. The van der Waals surface area contributed by atoms with Gasteiger partial charge in [-0.25, -0.2) is 14.5 Å². The van der Waals surface area contributed by atoms with Gasteiger partial charge in [0.05, 0.1) is 24.5 Å². The Hall–Kier alpha value is -2.60. The number of hydrogen-bond donors (Lipinski definition) is 2. The summed E-state index contributed by atoms with van der Waals surface area (Å²) in [6.07, 6.45) is 3.73. The Morgan fingerprint density at radius 2 is 2.20 bits per heavy atom. The Labute approximate surface area is 178 Å². The number of amides is 1. The summed E-state index contributed by atoms with van der Waals surface area (Å²) in [4.78, 5) is 23.3. The van der Waals surface area contributed by atoms with E-state index in [0.717, 1.165) is 35.7 Å². The first kappa shape index (κ1) is 20.7. The minimum atomic E-state index is -0.740. The second-order valence-corrected chi connectivity index (χ2v) is 8.25. The molecule has 11 heteroatoms. The molecule has 10 nitrogen and oxygen atoms in total. The maximum absolute atomic E-state index is 12.1. The molecule has 1 amide bonds. The number of nitrogens with two attached hydrogens (primary N) is 1. The van der Waals surface area contributed by atoms with Crippen molar-refractivity contribution in [2.75, 3.05) is 37.0 Å². The average Bonchev–Trinajstić information content (AvgIpc) is 3.33. The lowest BCUT2D eigenvalue weighted by molar-refractivity contribution is -0.118. The Kier molecular flexibility index (Phi) is 5.95. The van der Waals surface area contributed by atoms with E-state index in [0.29, 0.717) is 5.13 Å². The zero-order chi connectivity index (χ0) is 21.3. The number of nitrogens with zero attached hydrogens (tertiary/aromatic N) is 5. The van der Waals surface area contributed by atoms with E-state index in [9.17, 15) is 4.79 Å². The van der Waals surface area contributed by atoms with Crippen LogP contribution in [0.3, 0.4) is 0 Å². The number of aromatic nitrogens is 4. The quantitative estimate of drug-likeness (QED) is 0.601. The van der Waals surface area contributed by atoms with Crippen LogP contribution in [0.15, 0.2) is 24.0 Å². The molecular formula is C19H25N7O3S. The largest absolute Gasteiger partial charge is 0.383 e. The van der Waals surface area contributed by atoms with Gasteiger partial charge in [-0.2, -0.15) is 5.10 Å². The molecule has 1 fully saturated rings. The maximum atomic E-state index is 12.1. The second-order valence-electron chi connectivity index (χ2n) is 7.39. The summed E-state index contributed by atoms with van der Waals surface area (Å²) >= 11 is 1.34. The van der Waals surface area contributed by atoms with Crippen LogP contribution in [0.5, 0.6) is 0 Å². The van der Waals surface area contributed by atoms with Gasteiger partial charge in [0.1, 0.15) is 17.9 Å². The van der Waals surface area contributed by atoms with Crippen molar-refractivity contribution in [3.8, 4) is 11.3 Å². The molecular weight excluding hydrogens is 406 g/mol. The van der Waals surface area contributed by atoms with Gasteiger partial charge in [0.2, 0.25) is 5.91 Å². The van der Waals surface area contributed by atoms with Crippen LogP contribution < -0.4 is 16.0 Å². The van der Waals surface area contributed by atoms with Crippen molar-refractivity contribution in [1.29, 1.82) is 0 Å². The van der Waals surface area contributed by atoms with Gasteiger partial charge in [-0.15, -0.1) is 11.3 Å². The molecule has 3 aromatic heterocycles. The van der Waals surface area contributed by atoms with E-state index in [2.05, 4.69) is 39.1 Å². The van der Waals surface area contributed by atoms with Crippen LogP contribution in [0.1, 0.15) is 13.8 Å². The molecule has 0 spiro atoms. The number of thiazole rings is 1.